The molecule has 0 aliphatic carbocycles. The van der Waals surface area contributed by atoms with Crippen LogP contribution in [0.5, 0.6) is 5.75 Å². The molecule has 7 nitrogen and oxygen atoms in total. The zero-order valence-corrected chi connectivity index (χ0v) is 16.8. The van der Waals surface area contributed by atoms with Crippen molar-refractivity contribution in [3.05, 3.63) is 53.4 Å². The van der Waals surface area contributed by atoms with Gasteiger partial charge in [-0.1, -0.05) is 6.07 Å². The second-order valence-corrected chi connectivity index (χ2v) is 7.41. The van der Waals surface area contributed by atoms with Gasteiger partial charge < -0.3 is 20.5 Å². The Balaban J connectivity index is 2.01. The fourth-order valence-corrected chi connectivity index (χ4v) is 3.58. The normalized spacial score (nSPS) is 23.1. The largest absolute Gasteiger partial charge is 0.493 e. The predicted molar refractivity (Wildman–Crippen MR) is 99.7 cm³/mol. The van der Waals surface area contributed by atoms with Gasteiger partial charge in [-0.3, -0.25) is 9.59 Å². The molecule has 3 rings (SSSR count). The van der Waals surface area contributed by atoms with Crippen molar-refractivity contribution in [1.29, 1.82) is 0 Å². The molecule has 1 aromatic carbocycles. The number of nitrogens with one attached hydrogen (secondary N) is 2. The highest BCUT2D eigenvalue weighted by molar-refractivity contribution is 5.96. The fraction of sp³-hybridized carbons (Fsp3) is 0.350. The number of hydrogen-bond donors (Lipinski definition) is 2. The molecule has 1 aromatic heterocycles. The summed E-state index contributed by atoms with van der Waals surface area (Å²) in [6, 6.07) is 4.31. The third-order valence-corrected chi connectivity index (χ3v) is 5.24. The quantitative estimate of drug-likeness (QED) is 0.670. The van der Waals surface area contributed by atoms with Crippen LogP contribution in [0.1, 0.15) is 35.3 Å². The Bertz CT molecular complexity index is 1060. The van der Waals surface area contributed by atoms with Crippen molar-refractivity contribution in [3.63, 3.8) is 0 Å². The van der Waals surface area contributed by atoms with Gasteiger partial charge in [0.1, 0.15) is 6.10 Å². The summed E-state index contributed by atoms with van der Waals surface area (Å²) in [6.45, 7) is 0.766. The molecule has 4 N–H and O–H groups in total. The molecular formula is C20H19F5N3O4+. The van der Waals surface area contributed by atoms with Crippen LogP contribution in [0, 0.1) is 11.6 Å². The fourth-order valence-electron chi connectivity index (χ4n) is 3.58. The Morgan fingerprint density at radius 2 is 1.97 bits per heavy atom. The molecule has 0 unspecified atom stereocenters. The summed E-state index contributed by atoms with van der Waals surface area (Å²) < 4.78 is 79.0. The number of carbonyl (C=O) groups is 2. The maximum Gasteiger partial charge on any atom is 0.417 e. The van der Waals surface area contributed by atoms with Crippen LogP contribution in [0.2, 0.25) is 0 Å². The summed E-state index contributed by atoms with van der Waals surface area (Å²) in [7, 11) is 1.03. The minimum atomic E-state index is -4.85. The average molecular weight is 460 g/mol. The number of aromatic amines is 1. The summed E-state index contributed by atoms with van der Waals surface area (Å²) in [5.41, 5.74) is 2.27. The molecule has 0 saturated carbocycles. The number of amides is 2. The van der Waals surface area contributed by atoms with E-state index in [-0.39, 0.29) is 16.9 Å². The van der Waals surface area contributed by atoms with E-state index < -0.39 is 59.4 Å². The zero-order valence-electron chi connectivity index (χ0n) is 16.8. The third-order valence-electron chi connectivity index (χ3n) is 5.24. The van der Waals surface area contributed by atoms with E-state index in [0.29, 0.717) is 0 Å². The smallest absolute Gasteiger partial charge is 0.417 e. The SMILES string of the molecule is COc1c([C@@H]2C[C@](C)(C(F)(F)F)O[C@H]2C(=O)Nc2cc[nH+]c(C(N)=O)c2)ccc(F)c1F. The first-order chi connectivity index (χ1) is 14.9. The first kappa shape index (κ1) is 23.4. The molecule has 172 valence electrons. The number of hydrogen-bond acceptors (Lipinski definition) is 4. The van der Waals surface area contributed by atoms with E-state index in [0.717, 1.165) is 26.2 Å². The Morgan fingerprint density at radius 3 is 2.56 bits per heavy atom. The van der Waals surface area contributed by atoms with E-state index >= 15 is 0 Å². The number of anilines is 1. The minimum absolute atomic E-state index is 0.0581. The average Bonchev–Trinajstić information content (AvgIpc) is 3.09. The predicted octanol–water partition coefficient (Wildman–Crippen LogP) is 2.72. The van der Waals surface area contributed by atoms with Crippen molar-refractivity contribution in [2.45, 2.75) is 37.1 Å². The standard InChI is InChI=1S/C20H18F5N3O4/c1-19(20(23,24)25)8-11(10-3-4-12(21)14(22)15(10)31-2)16(32-19)18(30)28-9-5-6-27-13(7-9)17(26)29/h3-7,11,16H,8H2,1-2H3,(H2,26,29)(H,27,28,30)/p+1/t11-,16+,19+/m0/s1. The first-order valence-electron chi connectivity index (χ1n) is 9.27. The number of methoxy groups -OCH3 is 1. The van der Waals surface area contributed by atoms with Crippen LogP contribution in [-0.4, -0.2) is 36.8 Å². The summed E-state index contributed by atoms with van der Waals surface area (Å²) in [4.78, 5) is 26.8. The van der Waals surface area contributed by atoms with E-state index in [4.69, 9.17) is 15.2 Å². The number of aromatic nitrogens is 1. The molecule has 0 radical (unpaired) electrons. The number of ether oxygens (including phenoxy) is 2. The van der Waals surface area contributed by atoms with Gasteiger partial charge >= 0.3 is 12.1 Å². The molecule has 2 heterocycles. The van der Waals surface area contributed by atoms with E-state index in [2.05, 4.69) is 10.3 Å². The van der Waals surface area contributed by atoms with Gasteiger partial charge in [0.2, 0.25) is 5.82 Å². The Labute approximate surface area is 178 Å². The Kier molecular flexibility index (Phi) is 6.09. The molecule has 2 aromatic rings. The van der Waals surface area contributed by atoms with Crippen LogP contribution in [0.25, 0.3) is 0 Å². The van der Waals surface area contributed by atoms with Gasteiger partial charge in [-0.2, -0.15) is 17.6 Å². The van der Waals surface area contributed by atoms with Gasteiger partial charge in [-0.05, 0) is 19.4 Å². The second kappa shape index (κ2) is 8.34. The van der Waals surface area contributed by atoms with Crippen LogP contribution < -0.4 is 20.8 Å². The lowest BCUT2D eigenvalue weighted by atomic mass is 9.85. The molecule has 32 heavy (non-hydrogen) atoms. The number of primary amides is 1. The van der Waals surface area contributed by atoms with Crippen molar-refractivity contribution in [1.82, 2.24) is 0 Å². The molecule has 1 fully saturated rings. The van der Waals surface area contributed by atoms with Crippen LogP contribution in [-0.2, 0) is 9.53 Å². The highest BCUT2D eigenvalue weighted by Crippen LogP contribution is 2.51. The minimum Gasteiger partial charge on any atom is -0.493 e. The van der Waals surface area contributed by atoms with Crippen molar-refractivity contribution < 1.29 is 46.0 Å². The zero-order chi connectivity index (χ0) is 23.8. The van der Waals surface area contributed by atoms with E-state index in [1.54, 1.807) is 0 Å². The van der Waals surface area contributed by atoms with Gasteiger partial charge in [0.15, 0.2) is 23.4 Å². The van der Waals surface area contributed by atoms with Gasteiger partial charge in [-0.25, -0.2) is 9.37 Å². The van der Waals surface area contributed by atoms with Gasteiger partial charge in [0, 0.05) is 23.6 Å². The van der Waals surface area contributed by atoms with E-state index in [9.17, 15) is 31.5 Å². The maximum absolute atomic E-state index is 14.2. The monoisotopic (exact) mass is 460 g/mol. The van der Waals surface area contributed by atoms with Crippen LogP contribution >= 0.6 is 0 Å². The highest BCUT2D eigenvalue weighted by atomic mass is 19.4. The molecular weight excluding hydrogens is 441 g/mol. The summed E-state index contributed by atoms with van der Waals surface area (Å²) in [6.07, 6.45) is -6.04. The van der Waals surface area contributed by atoms with Crippen molar-refractivity contribution >= 4 is 17.5 Å². The first-order valence-corrected chi connectivity index (χ1v) is 9.27. The Hall–Kier alpha value is -3.28. The summed E-state index contributed by atoms with van der Waals surface area (Å²) >= 11 is 0. The van der Waals surface area contributed by atoms with Gasteiger partial charge in [-0.15, -0.1) is 0 Å². The number of rotatable bonds is 5. The van der Waals surface area contributed by atoms with Crippen LogP contribution in [0.3, 0.4) is 0 Å². The number of benzene rings is 1. The molecule has 0 bridgehead atoms. The van der Waals surface area contributed by atoms with Gasteiger partial charge in [0.05, 0.1) is 12.8 Å². The molecule has 1 aliphatic heterocycles. The lowest BCUT2D eigenvalue weighted by Gasteiger charge is -2.27. The number of H-pyrrole nitrogens is 1. The highest BCUT2D eigenvalue weighted by Gasteiger charge is 2.61. The van der Waals surface area contributed by atoms with Crippen LogP contribution in [0.4, 0.5) is 27.6 Å². The number of alkyl halides is 3. The number of carbonyl (C=O) groups excluding carboxylic acids is 2. The number of nitrogens with two attached hydrogens (primary N) is 1. The lowest BCUT2D eigenvalue weighted by molar-refractivity contribution is -0.381. The van der Waals surface area contributed by atoms with E-state index in [1.165, 1.54) is 18.3 Å². The lowest BCUT2D eigenvalue weighted by Crippen LogP contribution is -2.43. The molecule has 12 heteroatoms. The molecule has 1 aliphatic rings. The van der Waals surface area contributed by atoms with Crippen molar-refractivity contribution in [3.8, 4) is 5.75 Å². The number of halogens is 5. The molecule has 3 atom stereocenters. The van der Waals surface area contributed by atoms with Gasteiger partial charge in [0.25, 0.3) is 11.6 Å². The summed E-state index contributed by atoms with van der Waals surface area (Å²) in [5.74, 6) is -6.41. The van der Waals surface area contributed by atoms with Crippen molar-refractivity contribution in [2.75, 3.05) is 12.4 Å². The second-order valence-electron chi connectivity index (χ2n) is 7.41. The van der Waals surface area contributed by atoms with Crippen molar-refractivity contribution in [2.24, 2.45) is 5.73 Å². The summed E-state index contributed by atoms with van der Waals surface area (Å²) in [5, 5.41) is 2.36. The topological polar surface area (TPSA) is 105 Å². The molecule has 1 saturated heterocycles. The Morgan fingerprint density at radius 1 is 1.28 bits per heavy atom. The maximum atomic E-state index is 14.2. The third kappa shape index (κ3) is 4.22. The number of pyridine rings is 1. The van der Waals surface area contributed by atoms with E-state index in [1.807, 2.05) is 0 Å². The van der Waals surface area contributed by atoms with Crippen LogP contribution in [0.15, 0.2) is 30.5 Å². The molecule has 2 amide bonds. The molecule has 0 spiro atoms.